The number of nitro groups is 1. The van der Waals surface area contributed by atoms with Crippen LogP contribution in [0.5, 0.6) is 0 Å². The minimum Gasteiger partial charge on any atom is -0.307 e. The van der Waals surface area contributed by atoms with Crippen LogP contribution >= 0.6 is 0 Å². The SMILES string of the molecule is O=C(c1ccccc1)c1c2cc([N+](=O)[O-])ccc2c(=O)n2c1[nH]c(=O)c1ccccc12. The quantitative estimate of drug-likeness (QED) is 0.161. The Bertz CT molecular complexity index is 1670. The maximum atomic E-state index is 13.5. The fourth-order valence-corrected chi connectivity index (χ4v) is 3.85. The van der Waals surface area contributed by atoms with Gasteiger partial charge in [0.2, 0.25) is 0 Å². The molecule has 1 N–H and O–H groups in total. The summed E-state index contributed by atoms with van der Waals surface area (Å²) in [7, 11) is 0. The number of rotatable bonds is 3. The number of benzene rings is 3. The van der Waals surface area contributed by atoms with Crippen LogP contribution in [0.3, 0.4) is 0 Å². The molecule has 0 fully saturated rings. The van der Waals surface area contributed by atoms with Crippen molar-refractivity contribution in [2.45, 2.75) is 0 Å². The summed E-state index contributed by atoms with van der Waals surface area (Å²) in [6.45, 7) is 0. The summed E-state index contributed by atoms with van der Waals surface area (Å²) in [6, 6.07) is 18.7. The van der Waals surface area contributed by atoms with Crippen LogP contribution in [-0.4, -0.2) is 20.1 Å². The molecule has 0 aliphatic rings. The Morgan fingerprint density at radius 2 is 1.58 bits per heavy atom. The Morgan fingerprint density at radius 3 is 2.32 bits per heavy atom. The number of H-pyrrole nitrogens is 1. The summed E-state index contributed by atoms with van der Waals surface area (Å²) < 4.78 is 1.28. The molecule has 0 saturated heterocycles. The second-order valence-electron chi connectivity index (χ2n) is 7.02. The molecule has 0 bridgehead atoms. The van der Waals surface area contributed by atoms with Gasteiger partial charge in [0.05, 0.1) is 21.4 Å². The van der Waals surface area contributed by atoms with Gasteiger partial charge in [-0.25, -0.2) is 0 Å². The van der Waals surface area contributed by atoms with Gasteiger partial charge in [-0.05, 0) is 18.2 Å². The molecule has 0 aliphatic carbocycles. The van der Waals surface area contributed by atoms with E-state index in [0.717, 1.165) is 0 Å². The minimum absolute atomic E-state index is 0.00412. The predicted molar refractivity (Wildman–Crippen MR) is 116 cm³/mol. The predicted octanol–water partition coefficient (Wildman–Crippen LogP) is 3.43. The van der Waals surface area contributed by atoms with Crippen LogP contribution < -0.4 is 11.1 Å². The molecule has 0 aliphatic heterocycles. The Hall–Kier alpha value is -4.59. The molecule has 3 aromatic carbocycles. The number of para-hydroxylation sites is 1. The van der Waals surface area contributed by atoms with Crippen molar-refractivity contribution in [3.63, 3.8) is 0 Å². The van der Waals surface area contributed by atoms with Gasteiger partial charge in [0.1, 0.15) is 5.65 Å². The molecule has 8 heteroatoms. The van der Waals surface area contributed by atoms with Crippen molar-refractivity contribution in [3.05, 3.63) is 115 Å². The largest absolute Gasteiger partial charge is 0.307 e. The molecular formula is C23H13N3O5. The van der Waals surface area contributed by atoms with Gasteiger partial charge in [-0.15, -0.1) is 0 Å². The van der Waals surface area contributed by atoms with Gasteiger partial charge < -0.3 is 4.98 Å². The topological polar surface area (TPSA) is 115 Å². The first-order valence-electron chi connectivity index (χ1n) is 9.35. The zero-order valence-electron chi connectivity index (χ0n) is 15.9. The second kappa shape index (κ2) is 6.74. The number of nitro benzene ring substituents is 1. The fraction of sp³-hybridized carbons (Fsp3) is 0. The monoisotopic (exact) mass is 411 g/mol. The van der Waals surface area contributed by atoms with Gasteiger partial charge in [-0.1, -0.05) is 42.5 Å². The molecule has 150 valence electrons. The van der Waals surface area contributed by atoms with Crippen molar-refractivity contribution in [3.8, 4) is 0 Å². The van der Waals surface area contributed by atoms with Crippen LogP contribution in [0.25, 0.3) is 27.3 Å². The van der Waals surface area contributed by atoms with Gasteiger partial charge >= 0.3 is 0 Å². The highest BCUT2D eigenvalue weighted by Gasteiger charge is 2.23. The summed E-state index contributed by atoms with van der Waals surface area (Å²) in [4.78, 5) is 53.0. The highest BCUT2D eigenvalue weighted by molar-refractivity contribution is 6.20. The molecular weight excluding hydrogens is 398 g/mol. The van der Waals surface area contributed by atoms with Gasteiger partial charge in [0.15, 0.2) is 5.78 Å². The molecule has 0 spiro atoms. The normalized spacial score (nSPS) is 11.2. The number of hydrogen-bond acceptors (Lipinski definition) is 5. The third-order valence-corrected chi connectivity index (χ3v) is 5.26. The molecule has 0 amide bonds. The van der Waals surface area contributed by atoms with E-state index < -0.39 is 21.8 Å². The Balaban J connectivity index is 2.06. The lowest BCUT2D eigenvalue weighted by Crippen LogP contribution is -2.24. The van der Waals surface area contributed by atoms with E-state index in [1.165, 1.54) is 22.6 Å². The fourth-order valence-electron chi connectivity index (χ4n) is 3.85. The molecule has 31 heavy (non-hydrogen) atoms. The Morgan fingerprint density at radius 1 is 0.871 bits per heavy atom. The van der Waals surface area contributed by atoms with E-state index in [0.29, 0.717) is 11.1 Å². The number of carbonyl (C=O) groups excluding carboxylic acids is 1. The van der Waals surface area contributed by atoms with Gasteiger partial charge in [-0.3, -0.25) is 28.9 Å². The van der Waals surface area contributed by atoms with Gasteiger partial charge in [0.25, 0.3) is 16.8 Å². The molecule has 0 unspecified atom stereocenters. The van der Waals surface area contributed by atoms with Crippen LogP contribution in [0.1, 0.15) is 15.9 Å². The third kappa shape index (κ3) is 2.73. The average molecular weight is 411 g/mol. The van der Waals surface area contributed by atoms with Crippen molar-refractivity contribution in [1.82, 2.24) is 9.38 Å². The number of aromatic amines is 1. The summed E-state index contributed by atoms with van der Waals surface area (Å²) in [5.74, 6) is -0.463. The van der Waals surface area contributed by atoms with Crippen LogP contribution in [0.15, 0.2) is 82.4 Å². The number of nitrogens with zero attached hydrogens (tertiary/aromatic N) is 2. The maximum Gasteiger partial charge on any atom is 0.270 e. The average Bonchev–Trinajstić information content (AvgIpc) is 2.79. The molecule has 0 saturated carbocycles. The molecule has 0 radical (unpaired) electrons. The summed E-state index contributed by atoms with van der Waals surface area (Å²) >= 11 is 0. The lowest BCUT2D eigenvalue weighted by atomic mass is 9.97. The van der Waals surface area contributed by atoms with Crippen LogP contribution in [0.4, 0.5) is 5.69 Å². The van der Waals surface area contributed by atoms with E-state index in [9.17, 15) is 24.5 Å². The van der Waals surface area contributed by atoms with Crippen LogP contribution in [-0.2, 0) is 0 Å². The lowest BCUT2D eigenvalue weighted by Gasteiger charge is -2.13. The van der Waals surface area contributed by atoms with E-state index in [-0.39, 0.29) is 33.1 Å². The number of aromatic nitrogens is 2. The lowest BCUT2D eigenvalue weighted by molar-refractivity contribution is -0.384. The van der Waals surface area contributed by atoms with Crippen molar-refractivity contribution in [1.29, 1.82) is 0 Å². The van der Waals surface area contributed by atoms with E-state index in [1.807, 2.05) is 0 Å². The van der Waals surface area contributed by atoms with E-state index >= 15 is 0 Å². The molecule has 2 heterocycles. The van der Waals surface area contributed by atoms with Gasteiger partial charge in [0, 0.05) is 28.5 Å². The number of non-ortho nitro benzene ring substituents is 1. The van der Waals surface area contributed by atoms with Crippen molar-refractivity contribution < 1.29 is 9.72 Å². The first-order chi connectivity index (χ1) is 15.0. The Kier molecular flexibility index (Phi) is 4.01. The van der Waals surface area contributed by atoms with Crippen LogP contribution in [0.2, 0.25) is 0 Å². The highest BCUT2D eigenvalue weighted by Crippen LogP contribution is 2.27. The smallest absolute Gasteiger partial charge is 0.270 e. The maximum absolute atomic E-state index is 13.5. The molecule has 0 atom stereocenters. The van der Waals surface area contributed by atoms with Crippen molar-refractivity contribution in [2.75, 3.05) is 0 Å². The molecule has 8 nitrogen and oxygen atoms in total. The molecule has 2 aromatic heterocycles. The second-order valence-corrected chi connectivity index (χ2v) is 7.02. The van der Waals surface area contributed by atoms with Gasteiger partial charge in [-0.2, -0.15) is 0 Å². The third-order valence-electron chi connectivity index (χ3n) is 5.26. The van der Waals surface area contributed by atoms with Crippen molar-refractivity contribution in [2.24, 2.45) is 0 Å². The first-order valence-corrected chi connectivity index (χ1v) is 9.35. The summed E-state index contributed by atoms with van der Waals surface area (Å²) in [6.07, 6.45) is 0. The number of hydrogen-bond donors (Lipinski definition) is 1. The van der Waals surface area contributed by atoms with E-state index in [4.69, 9.17) is 0 Å². The van der Waals surface area contributed by atoms with Crippen LogP contribution in [0, 0.1) is 10.1 Å². The first kappa shape index (κ1) is 18.4. The minimum atomic E-state index is -0.596. The van der Waals surface area contributed by atoms with E-state index in [2.05, 4.69) is 4.98 Å². The zero-order chi connectivity index (χ0) is 21.7. The molecule has 5 aromatic rings. The Labute approximate surface area is 173 Å². The molecule has 5 rings (SSSR count). The zero-order valence-corrected chi connectivity index (χ0v) is 15.9. The highest BCUT2D eigenvalue weighted by atomic mass is 16.6. The summed E-state index contributed by atoms with van der Waals surface area (Å²) in [5.41, 5.74) is -0.540. The number of nitrogens with one attached hydrogen (secondary N) is 1. The van der Waals surface area contributed by atoms with E-state index in [1.54, 1.807) is 54.6 Å². The number of carbonyl (C=O) groups is 1. The number of fused-ring (bicyclic) bond motifs is 4. The number of ketones is 1. The van der Waals surface area contributed by atoms with Crippen molar-refractivity contribution >= 4 is 38.8 Å². The number of pyridine rings is 1. The summed E-state index contributed by atoms with van der Waals surface area (Å²) in [5, 5.41) is 11.9. The standard InChI is InChI=1S/C23H13N3O5/c27-20(13-6-2-1-3-7-13)19-17-12-14(26(30)31)10-11-15(17)23(29)25-18-9-5-4-8-16(18)22(28)24-21(19)25/h1-12H,(H,24,28).